The van der Waals surface area contributed by atoms with Gasteiger partial charge in [-0.05, 0) is 110 Å². The summed E-state index contributed by atoms with van der Waals surface area (Å²) in [6.45, 7) is 12.2. The maximum Gasteiger partial charge on any atom is 1.00 e. The average Bonchev–Trinajstić information content (AvgIpc) is 3.20. The van der Waals surface area contributed by atoms with Gasteiger partial charge in [-0.3, -0.25) is 5.04 Å². The summed E-state index contributed by atoms with van der Waals surface area (Å²) in [5, 5.41) is 8.86. The third-order valence-corrected chi connectivity index (χ3v) is 12.0. The van der Waals surface area contributed by atoms with Gasteiger partial charge < -0.3 is 9.99 Å². The second-order valence-electron chi connectivity index (χ2n) is 13.7. The Bertz CT molecular complexity index is 803. The molecule has 0 aromatic rings. The summed E-state index contributed by atoms with van der Waals surface area (Å²) in [4.78, 5) is 12.0. The van der Waals surface area contributed by atoms with Gasteiger partial charge in [0, 0.05) is 0 Å². The van der Waals surface area contributed by atoms with E-state index in [2.05, 4.69) is 44.0 Å². The molecule has 0 aliphatic heterocycles. The second-order valence-corrected chi connectivity index (χ2v) is 14.5. The minimum absolute atomic E-state index is 0. The largest absolute Gasteiger partial charge is 1.00 e. The van der Waals surface area contributed by atoms with E-state index in [4.69, 9.17) is 4.74 Å². The molecule has 9 atom stereocenters. The van der Waals surface area contributed by atoms with Gasteiger partial charge in [0.1, 0.15) is 18.1 Å². The first-order chi connectivity index (χ1) is 17.4. The Kier molecular flexibility index (Phi) is 11.5. The molecule has 9 unspecified atom stereocenters. The summed E-state index contributed by atoms with van der Waals surface area (Å²) in [6, 6.07) is 0. The molecule has 214 valence electrons. The van der Waals surface area contributed by atoms with Gasteiger partial charge in [-0.2, -0.15) is 13.1 Å². The van der Waals surface area contributed by atoms with E-state index < -0.39 is 29.4 Å². The molecule has 9 heteroatoms. The van der Waals surface area contributed by atoms with Gasteiger partial charge >= 0.3 is 40.8 Å². The summed E-state index contributed by atoms with van der Waals surface area (Å²) >= 11 is -0.615. The second kappa shape index (κ2) is 13.2. The van der Waals surface area contributed by atoms with E-state index in [1.807, 2.05) is 0 Å². The number of rotatable bonds is 10. The van der Waals surface area contributed by atoms with Crippen LogP contribution in [0.4, 0.5) is 8.78 Å². The van der Waals surface area contributed by atoms with E-state index in [-0.39, 0.29) is 35.0 Å². The maximum absolute atomic E-state index is 13.9. The Morgan fingerprint density at radius 1 is 1.00 bits per heavy atom. The summed E-state index contributed by atoms with van der Waals surface area (Å²) < 4.78 is 36.7. The SMILES string of the molecule is CC(C)CCCC(C)C1CCC2C3CCC4CC(OC(=O)C(F)(F)SOO[O-])CCC4(C)C3CCC12C.[Na+]. The van der Waals surface area contributed by atoms with Crippen LogP contribution in [0.1, 0.15) is 112 Å². The van der Waals surface area contributed by atoms with E-state index in [0.29, 0.717) is 30.1 Å². The van der Waals surface area contributed by atoms with E-state index in [1.165, 1.54) is 51.4 Å². The summed E-state index contributed by atoms with van der Waals surface area (Å²) in [5.41, 5.74) is 0.637. The summed E-state index contributed by atoms with van der Waals surface area (Å²) in [6.07, 6.45) is 13.3. The number of hydrogen-bond donors (Lipinski definition) is 0. The Morgan fingerprint density at radius 3 is 2.37 bits per heavy atom. The number of carbonyl (C=O) groups excluding carboxylic acids is 1. The first-order valence-electron chi connectivity index (χ1n) is 14.7. The smallest absolute Gasteiger partial charge is 0.691 e. The van der Waals surface area contributed by atoms with Crippen molar-refractivity contribution in [3.63, 3.8) is 0 Å². The molecule has 0 radical (unpaired) electrons. The molecule has 4 aliphatic carbocycles. The molecule has 0 aromatic heterocycles. The fourth-order valence-corrected chi connectivity index (χ4v) is 9.89. The van der Waals surface area contributed by atoms with Gasteiger partial charge in [0.2, 0.25) is 0 Å². The monoisotopic (exact) mass is 568 g/mol. The molecule has 0 N–H and O–H groups in total. The van der Waals surface area contributed by atoms with Crippen LogP contribution in [0.25, 0.3) is 0 Å². The van der Waals surface area contributed by atoms with Crippen molar-refractivity contribution in [2.75, 3.05) is 0 Å². The Morgan fingerprint density at radius 2 is 1.68 bits per heavy atom. The number of carbonyl (C=O) groups is 1. The normalized spacial score (nSPS) is 39.5. The van der Waals surface area contributed by atoms with Crippen molar-refractivity contribution < 1.29 is 62.5 Å². The zero-order valence-corrected chi connectivity index (χ0v) is 27.1. The van der Waals surface area contributed by atoms with Crippen LogP contribution in [0.2, 0.25) is 0 Å². The van der Waals surface area contributed by atoms with Crippen LogP contribution in [0.15, 0.2) is 0 Å². The van der Waals surface area contributed by atoms with Gasteiger partial charge in [0.05, 0.1) is 0 Å². The van der Waals surface area contributed by atoms with Crippen LogP contribution >= 0.6 is 12.0 Å². The summed E-state index contributed by atoms with van der Waals surface area (Å²) in [7, 11) is 0. The van der Waals surface area contributed by atoms with Crippen molar-refractivity contribution >= 4 is 18.0 Å². The van der Waals surface area contributed by atoms with Crippen LogP contribution in [0.3, 0.4) is 0 Å². The molecule has 4 fully saturated rings. The molecule has 38 heavy (non-hydrogen) atoms. The van der Waals surface area contributed by atoms with Gasteiger partial charge in [0.25, 0.3) is 0 Å². The van der Waals surface area contributed by atoms with Crippen LogP contribution in [-0.4, -0.2) is 17.3 Å². The molecular weight excluding hydrogens is 521 g/mol. The number of ether oxygens (including phenoxy) is 1. The molecule has 0 saturated heterocycles. The molecule has 5 nitrogen and oxygen atoms in total. The van der Waals surface area contributed by atoms with Gasteiger partial charge in [-0.25, -0.2) is 4.79 Å². The molecule has 0 bridgehead atoms. The van der Waals surface area contributed by atoms with E-state index in [9.17, 15) is 18.8 Å². The molecule has 0 aromatic carbocycles. The van der Waals surface area contributed by atoms with Crippen molar-refractivity contribution in [2.24, 2.45) is 52.3 Å². The molecular formula is C29H47F2NaO5S. The zero-order chi connectivity index (χ0) is 27.0. The first kappa shape index (κ1) is 33.1. The van der Waals surface area contributed by atoms with Crippen molar-refractivity contribution in [3.05, 3.63) is 0 Å². The average molecular weight is 569 g/mol. The van der Waals surface area contributed by atoms with Crippen LogP contribution in [-0.2, 0) is 18.9 Å². The number of alkyl halides is 2. The van der Waals surface area contributed by atoms with E-state index >= 15 is 0 Å². The number of halogens is 2. The van der Waals surface area contributed by atoms with Crippen molar-refractivity contribution in [1.82, 2.24) is 0 Å². The van der Waals surface area contributed by atoms with Gasteiger partial charge in [-0.1, -0.05) is 53.9 Å². The molecule has 4 saturated carbocycles. The third kappa shape index (κ3) is 6.62. The molecule has 0 amide bonds. The third-order valence-electron chi connectivity index (χ3n) is 11.5. The first-order valence-corrected chi connectivity index (χ1v) is 15.4. The van der Waals surface area contributed by atoms with Crippen molar-refractivity contribution in [2.45, 2.75) is 123 Å². The maximum atomic E-state index is 13.9. The van der Waals surface area contributed by atoms with Crippen LogP contribution in [0, 0.1) is 52.3 Å². The fraction of sp³-hybridized carbons (Fsp3) is 0.966. The standard InChI is InChI=1S/C29H48F2O5S.Na/c1-18(2)7-6-8-19(3)23-11-12-24-22-10-9-20-17-21(34-26(32)29(30,31)37-36-35-33)13-15-27(20,4)25(22)14-16-28(23,24)5;/h18-25,33H,6-17H2,1-5H3;/q;+1/p-1. The van der Waals surface area contributed by atoms with Crippen molar-refractivity contribution in [1.29, 1.82) is 0 Å². The Labute approximate surface area is 254 Å². The minimum Gasteiger partial charge on any atom is -0.691 e. The van der Waals surface area contributed by atoms with Crippen LogP contribution in [0.5, 0.6) is 0 Å². The molecule has 0 spiro atoms. The number of fused-ring (bicyclic) bond motifs is 5. The van der Waals surface area contributed by atoms with E-state index in [1.54, 1.807) is 0 Å². The Balaban J connectivity index is 0.00000400. The molecule has 4 rings (SSSR count). The topological polar surface area (TPSA) is 67.8 Å². The fourth-order valence-electron chi connectivity index (χ4n) is 9.66. The summed E-state index contributed by atoms with van der Waals surface area (Å²) in [5.74, 6) is 3.38. The predicted octanol–water partition coefficient (Wildman–Crippen LogP) is 4.49. The van der Waals surface area contributed by atoms with E-state index in [0.717, 1.165) is 42.4 Å². The molecule has 0 heterocycles. The van der Waals surface area contributed by atoms with Gasteiger partial charge in [0.15, 0.2) is 0 Å². The molecule has 4 aliphatic rings. The number of esters is 1. The quantitative estimate of drug-likeness (QED) is 0.127. The Hall–Kier alpha value is 0.560. The number of hydrogen-bond acceptors (Lipinski definition) is 6. The zero-order valence-electron chi connectivity index (χ0n) is 24.3. The predicted molar refractivity (Wildman–Crippen MR) is 138 cm³/mol. The van der Waals surface area contributed by atoms with Crippen molar-refractivity contribution in [3.8, 4) is 0 Å². The minimum atomic E-state index is -3.97. The van der Waals surface area contributed by atoms with Crippen LogP contribution < -0.4 is 34.8 Å². The van der Waals surface area contributed by atoms with Gasteiger partial charge in [-0.15, -0.1) is 0 Å².